The second-order valence-electron chi connectivity index (χ2n) is 8.08. The van der Waals surface area contributed by atoms with Gasteiger partial charge in [-0.05, 0) is 43.5 Å². The maximum Gasteiger partial charge on any atom is 0.269 e. The summed E-state index contributed by atoms with van der Waals surface area (Å²) in [6, 6.07) is 12.5. The Hall–Kier alpha value is -3.20. The zero-order chi connectivity index (χ0) is 24.2. The van der Waals surface area contributed by atoms with Crippen molar-refractivity contribution in [2.75, 3.05) is 13.1 Å². The van der Waals surface area contributed by atoms with Crippen LogP contribution < -0.4 is 5.32 Å². The third kappa shape index (κ3) is 5.08. The summed E-state index contributed by atoms with van der Waals surface area (Å²) in [6.45, 7) is 5.44. The summed E-state index contributed by atoms with van der Waals surface area (Å²) in [5, 5.41) is 2.82. The first-order chi connectivity index (χ1) is 15.7. The maximum atomic E-state index is 13.4. The van der Waals surface area contributed by atoms with Gasteiger partial charge in [-0.15, -0.1) is 0 Å². The van der Waals surface area contributed by atoms with E-state index in [0.717, 1.165) is 24.0 Å². The minimum atomic E-state index is -4.13. The second kappa shape index (κ2) is 10.2. The molecule has 1 aliphatic heterocycles. The van der Waals surface area contributed by atoms with Gasteiger partial charge in [0, 0.05) is 13.1 Å². The zero-order valence-corrected chi connectivity index (χ0v) is 19.9. The van der Waals surface area contributed by atoms with Crippen molar-refractivity contribution < 1.29 is 22.8 Å². The number of hydrogen-bond acceptors (Lipinski definition) is 5. The number of aryl methyl sites for hydroxylation is 1. The molecule has 1 heterocycles. The summed E-state index contributed by atoms with van der Waals surface area (Å²) in [5.41, 5.74) is 1.81. The van der Waals surface area contributed by atoms with Gasteiger partial charge in [-0.25, -0.2) is 12.7 Å². The number of nitrogens with one attached hydrogen (secondary N) is 1. The summed E-state index contributed by atoms with van der Waals surface area (Å²) in [7, 11) is -4.13. The maximum absolute atomic E-state index is 13.4. The van der Waals surface area contributed by atoms with Crippen LogP contribution in [0.1, 0.15) is 48.2 Å². The van der Waals surface area contributed by atoms with Crippen molar-refractivity contribution in [1.29, 1.82) is 0 Å². The fourth-order valence-electron chi connectivity index (χ4n) is 3.69. The molecule has 1 aliphatic rings. The van der Waals surface area contributed by atoms with Gasteiger partial charge in [0.15, 0.2) is 0 Å². The van der Waals surface area contributed by atoms with Crippen molar-refractivity contribution in [1.82, 2.24) is 14.5 Å². The van der Waals surface area contributed by atoms with Crippen molar-refractivity contribution >= 4 is 27.7 Å². The van der Waals surface area contributed by atoms with Crippen LogP contribution in [-0.2, 0) is 26.2 Å². The number of nitrogens with zero attached hydrogens (tertiary/aromatic N) is 2. The predicted molar refractivity (Wildman–Crippen MR) is 124 cm³/mol. The van der Waals surface area contributed by atoms with Gasteiger partial charge >= 0.3 is 0 Å². The highest BCUT2D eigenvalue weighted by Gasteiger charge is 2.43. The third-order valence-electron chi connectivity index (χ3n) is 5.79. The van der Waals surface area contributed by atoms with Crippen LogP contribution in [-0.4, -0.2) is 54.5 Å². The van der Waals surface area contributed by atoms with Crippen molar-refractivity contribution in [2.24, 2.45) is 0 Å². The van der Waals surface area contributed by atoms with Crippen LogP contribution in [0.3, 0.4) is 0 Å². The lowest BCUT2D eigenvalue weighted by molar-refractivity contribution is -0.140. The van der Waals surface area contributed by atoms with Crippen LogP contribution in [0, 0.1) is 6.92 Å². The Bertz CT molecular complexity index is 1160. The number of benzene rings is 2. The highest BCUT2D eigenvalue weighted by atomic mass is 32.2. The van der Waals surface area contributed by atoms with Gasteiger partial charge in [0.1, 0.15) is 17.5 Å². The molecule has 2 aromatic carbocycles. The second-order valence-corrected chi connectivity index (χ2v) is 9.91. The van der Waals surface area contributed by atoms with Gasteiger partial charge in [0.25, 0.3) is 15.9 Å². The monoisotopic (exact) mass is 471 g/mol. The molecule has 0 fully saturated rings. The number of carbonyl (C=O) groups excluding carboxylic acids is 3. The minimum absolute atomic E-state index is 0.0427. The molecule has 0 aromatic heterocycles. The molecule has 1 atom stereocenters. The molecule has 8 nitrogen and oxygen atoms in total. The van der Waals surface area contributed by atoms with Crippen molar-refractivity contribution in [3.05, 3.63) is 65.2 Å². The van der Waals surface area contributed by atoms with Crippen LogP contribution in [0.25, 0.3) is 0 Å². The summed E-state index contributed by atoms with van der Waals surface area (Å²) in [5.74, 6) is -1.69. The molecule has 1 N–H and O–H groups in total. The highest BCUT2D eigenvalue weighted by Crippen LogP contribution is 2.30. The first-order valence-electron chi connectivity index (χ1n) is 11.0. The van der Waals surface area contributed by atoms with Crippen LogP contribution in [0.2, 0.25) is 0 Å². The lowest BCUT2D eigenvalue weighted by atomic mass is 10.1. The van der Waals surface area contributed by atoms with E-state index in [1.165, 1.54) is 23.1 Å². The van der Waals surface area contributed by atoms with Crippen molar-refractivity contribution in [3.63, 3.8) is 0 Å². The van der Waals surface area contributed by atoms with E-state index in [9.17, 15) is 22.8 Å². The average molecular weight is 472 g/mol. The molecule has 0 spiro atoms. The Balaban J connectivity index is 1.87. The molecule has 0 bridgehead atoms. The van der Waals surface area contributed by atoms with Crippen LogP contribution in [0.4, 0.5) is 0 Å². The summed E-state index contributed by atoms with van der Waals surface area (Å²) in [4.78, 5) is 40.1. The number of amides is 3. The topological polar surface area (TPSA) is 104 Å². The number of sulfonamides is 1. The van der Waals surface area contributed by atoms with Gasteiger partial charge < -0.3 is 10.2 Å². The van der Waals surface area contributed by atoms with Gasteiger partial charge in [-0.2, -0.15) is 0 Å². The smallest absolute Gasteiger partial charge is 0.269 e. The third-order valence-corrected chi connectivity index (χ3v) is 7.58. The molecule has 0 aliphatic carbocycles. The molecule has 0 saturated carbocycles. The summed E-state index contributed by atoms with van der Waals surface area (Å²) >= 11 is 0. The summed E-state index contributed by atoms with van der Waals surface area (Å²) in [6.07, 6.45) is 1.72. The van der Waals surface area contributed by atoms with E-state index in [-0.39, 0.29) is 22.9 Å². The Morgan fingerprint density at radius 1 is 1.09 bits per heavy atom. The van der Waals surface area contributed by atoms with E-state index in [1.54, 1.807) is 13.0 Å². The number of fused-ring (bicyclic) bond motifs is 1. The predicted octanol–water partition coefficient (Wildman–Crippen LogP) is 2.47. The largest absolute Gasteiger partial charge is 0.354 e. The van der Waals surface area contributed by atoms with Gasteiger partial charge in [-0.3, -0.25) is 14.4 Å². The molecular weight excluding hydrogens is 442 g/mol. The van der Waals surface area contributed by atoms with Crippen LogP contribution in [0.15, 0.2) is 53.4 Å². The molecule has 0 radical (unpaired) electrons. The molecule has 2 aromatic rings. The number of hydrogen-bond donors (Lipinski definition) is 1. The van der Waals surface area contributed by atoms with Crippen LogP contribution >= 0.6 is 0 Å². The van der Waals surface area contributed by atoms with E-state index in [2.05, 4.69) is 5.32 Å². The van der Waals surface area contributed by atoms with Gasteiger partial charge in [0.05, 0.1) is 5.56 Å². The Kier molecular flexibility index (Phi) is 7.53. The lowest BCUT2D eigenvalue weighted by Gasteiger charge is -2.30. The molecule has 9 heteroatoms. The quantitative estimate of drug-likeness (QED) is 0.566. The Morgan fingerprint density at radius 3 is 2.42 bits per heavy atom. The molecule has 33 heavy (non-hydrogen) atoms. The number of unbranched alkanes of at least 4 members (excludes halogenated alkanes) is 1. The lowest BCUT2D eigenvalue weighted by Crippen LogP contribution is -2.51. The standard InChI is InChI=1S/C24H29N3O5S/c1-4-5-14-25-23(29)18(3)26(15-19-11-7-6-10-17(19)2)22(28)16-27-24(30)20-12-8-9-13-21(20)33(27,31)32/h6-13,18H,4-5,14-16H2,1-3H3,(H,25,29)/t18-/m0/s1. The van der Waals surface area contributed by atoms with Crippen molar-refractivity contribution in [3.8, 4) is 0 Å². The molecule has 0 unspecified atom stereocenters. The minimum Gasteiger partial charge on any atom is -0.354 e. The SMILES string of the molecule is CCCCNC(=O)[C@H](C)N(Cc1ccccc1C)C(=O)CN1C(=O)c2ccccc2S1(=O)=O. The first kappa shape index (κ1) is 24.4. The molecule has 3 rings (SSSR count). The van der Waals surface area contributed by atoms with Gasteiger partial charge in [-0.1, -0.05) is 49.7 Å². The molecular formula is C24H29N3O5S. The van der Waals surface area contributed by atoms with E-state index < -0.39 is 34.4 Å². The number of rotatable bonds is 9. The average Bonchev–Trinajstić information content (AvgIpc) is 2.99. The van der Waals surface area contributed by atoms with E-state index in [1.807, 2.05) is 38.1 Å². The Morgan fingerprint density at radius 2 is 1.76 bits per heavy atom. The molecule has 176 valence electrons. The zero-order valence-electron chi connectivity index (χ0n) is 19.1. The summed E-state index contributed by atoms with van der Waals surface area (Å²) < 4.78 is 26.4. The number of carbonyl (C=O) groups is 3. The Labute approximate surface area is 194 Å². The van der Waals surface area contributed by atoms with Crippen molar-refractivity contribution in [2.45, 2.75) is 51.1 Å². The molecule has 0 saturated heterocycles. The van der Waals surface area contributed by atoms with E-state index in [4.69, 9.17) is 0 Å². The normalized spacial score (nSPS) is 15.1. The van der Waals surface area contributed by atoms with E-state index >= 15 is 0 Å². The fraction of sp³-hybridized carbons (Fsp3) is 0.375. The van der Waals surface area contributed by atoms with E-state index in [0.29, 0.717) is 10.8 Å². The fourth-order valence-corrected chi connectivity index (χ4v) is 5.21. The highest BCUT2D eigenvalue weighted by molar-refractivity contribution is 7.90. The molecule has 3 amide bonds. The first-order valence-corrected chi connectivity index (χ1v) is 12.4. The van der Waals surface area contributed by atoms with Gasteiger partial charge in [0.2, 0.25) is 11.8 Å². The van der Waals surface area contributed by atoms with Crippen LogP contribution in [0.5, 0.6) is 0 Å².